The third-order valence-corrected chi connectivity index (χ3v) is 7.78. The highest BCUT2D eigenvalue weighted by molar-refractivity contribution is 7.92. The molecule has 9 nitrogen and oxygen atoms in total. The summed E-state index contributed by atoms with van der Waals surface area (Å²) < 4.78 is 37.5. The van der Waals surface area contributed by atoms with Gasteiger partial charge in [-0.1, -0.05) is 29.3 Å². The fourth-order valence-electron chi connectivity index (χ4n) is 3.95. The number of amides is 2. The van der Waals surface area contributed by atoms with Crippen LogP contribution in [-0.2, 0) is 26.2 Å². The minimum absolute atomic E-state index is 0.00237. The molecule has 2 aromatic rings. The van der Waals surface area contributed by atoms with Crippen molar-refractivity contribution in [1.82, 2.24) is 10.2 Å². The Morgan fingerprint density at radius 2 is 1.73 bits per heavy atom. The molecule has 0 aliphatic carbocycles. The smallest absolute Gasteiger partial charge is 0.242 e. The summed E-state index contributed by atoms with van der Waals surface area (Å²) in [4.78, 5) is 27.3. The lowest BCUT2D eigenvalue weighted by atomic mass is 10.1. The van der Waals surface area contributed by atoms with Crippen LogP contribution >= 0.6 is 23.2 Å². The lowest BCUT2D eigenvalue weighted by Crippen LogP contribution is -2.47. The molecule has 1 aliphatic heterocycles. The van der Waals surface area contributed by atoms with Gasteiger partial charge in [0, 0.05) is 47.7 Å². The summed E-state index contributed by atoms with van der Waals surface area (Å²) in [5.41, 5.74) is 0.943. The van der Waals surface area contributed by atoms with Crippen LogP contribution in [0.4, 0.5) is 5.69 Å². The number of hydrogen-bond donors (Lipinski definition) is 1. The number of nitrogens with zero attached hydrogens (tertiary/aromatic N) is 2. The number of rotatable bonds is 11. The summed E-state index contributed by atoms with van der Waals surface area (Å²) in [6, 6.07) is 9.16. The summed E-state index contributed by atoms with van der Waals surface area (Å²) in [5.74, 6) is 0.373. The highest BCUT2D eigenvalue weighted by Crippen LogP contribution is 2.35. The second kappa shape index (κ2) is 12.7. The average Bonchev–Trinajstić information content (AvgIpc) is 2.85. The van der Waals surface area contributed by atoms with Crippen LogP contribution in [0.25, 0.3) is 0 Å². The summed E-state index contributed by atoms with van der Waals surface area (Å²) in [7, 11) is -3.65. The van der Waals surface area contributed by atoms with E-state index in [1.54, 1.807) is 50.2 Å². The second-order valence-corrected chi connectivity index (χ2v) is 11.3. The number of carbonyl (C=O) groups is 2. The maximum absolute atomic E-state index is 13.3. The molecule has 37 heavy (non-hydrogen) atoms. The maximum Gasteiger partial charge on any atom is 0.242 e. The van der Waals surface area contributed by atoms with E-state index >= 15 is 0 Å². The molecule has 0 unspecified atom stereocenters. The van der Waals surface area contributed by atoms with E-state index < -0.39 is 16.1 Å². The molecule has 0 saturated carbocycles. The van der Waals surface area contributed by atoms with Crippen LogP contribution in [0.5, 0.6) is 11.5 Å². The zero-order valence-electron chi connectivity index (χ0n) is 21.0. The average molecular weight is 573 g/mol. The van der Waals surface area contributed by atoms with Gasteiger partial charge in [-0.2, -0.15) is 0 Å². The number of anilines is 1. The molecule has 202 valence electrons. The van der Waals surface area contributed by atoms with Crippen LogP contribution in [0.2, 0.25) is 10.0 Å². The van der Waals surface area contributed by atoms with Crippen molar-refractivity contribution in [2.75, 3.05) is 36.9 Å². The molecular formula is C25H31Cl2N3O6S. The highest BCUT2D eigenvalue weighted by atomic mass is 35.5. The minimum atomic E-state index is -3.65. The Morgan fingerprint density at radius 1 is 1.08 bits per heavy atom. The molecule has 1 atom stereocenters. The first kappa shape index (κ1) is 28.9. The van der Waals surface area contributed by atoms with E-state index in [9.17, 15) is 18.0 Å². The van der Waals surface area contributed by atoms with Crippen LogP contribution in [0.15, 0.2) is 36.4 Å². The number of hydrogen-bond acceptors (Lipinski definition) is 6. The third-order valence-electron chi connectivity index (χ3n) is 5.87. The number of likely N-dealkylation sites (N-methyl/N-ethyl adjacent to an activating group) is 1. The Hall–Kier alpha value is -2.69. The van der Waals surface area contributed by atoms with Crippen molar-refractivity contribution in [1.29, 1.82) is 0 Å². The Labute approximate surface area is 227 Å². The van der Waals surface area contributed by atoms with Gasteiger partial charge in [-0.15, -0.1) is 0 Å². The fourth-order valence-corrected chi connectivity index (χ4v) is 5.42. The third kappa shape index (κ3) is 7.43. The van der Waals surface area contributed by atoms with Crippen LogP contribution < -0.4 is 19.1 Å². The van der Waals surface area contributed by atoms with Gasteiger partial charge in [0.1, 0.15) is 19.3 Å². The van der Waals surface area contributed by atoms with Gasteiger partial charge in [0.05, 0.1) is 11.9 Å². The van der Waals surface area contributed by atoms with Crippen molar-refractivity contribution in [2.24, 2.45) is 0 Å². The number of carbonyl (C=O) groups excluding carboxylic acids is 2. The van der Waals surface area contributed by atoms with Gasteiger partial charge in [-0.25, -0.2) is 8.42 Å². The van der Waals surface area contributed by atoms with Gasteiger partial charge in [0.25, 0.3) is 0 Å². The number of sulfonamides is 1. The molecule has 0 spiro atoms. The Bertz CT molecular complexity index is 1220. The molecule has 3 rings (SSSR count). The summed E-state index contributed by atoms with van der Waals surface area (Å²) in [5, 5.41) is 3.50. The van der Waals surface area contributed by atoms with E-state index in [0.29, 0.717) is 52.6 Å². The molecule has 1 heterocycles. The van der Waals surface area contributed by atoms with E-state index in [1.807, 2.05) is 0 Å². The molecule has 1 N–H and O–H groups in total. The molecule has 0 bridgehead atoms. The summed E-state index contributed by atoms with van der Waals surface area (Å²) >= 11 is 12.6. The van der Waals surface area contributed by atoms with E-state index in [2.05, 4.69) is 5.32 Å². The van der Waals surface area contributed by atoms with Gasteiger partial charge in [0.15, 0.2) is 11.5 Å². The van der Waals surface area contributed by atoms with E-state index in [0.717, 1.165) is 6.26 Å². The van der Waals surface area contributed by atoms with Crippen molar-refractivity contribution < 1.29 is 27.5 Å². The highest BCUT2D eigenvalue weighted by Gasteiger charge is 2.28. The predicted molar refractivity (Wildman–Crippen MR) is 144 cm³/mol. The number of halogens is 2. The first-order valence-corrected chi connectivity index (χ1v) is 14.5. The molecule has 12 heteroatoms. The van der Waals surface area contributed by atoms with E-state index in [-0.39, 0.29) is 37.7 Å². The summed E-state index contributed by atoms with van der Waals surface area (Å²) in [6.45, 7) is 4.73. The molecule has 2 amide bonds. The molecule has 0 saturated heterocycles. The van der Waals surface area contributed by atoms with Crippen LogP contribution in [-0.4, -0.2) is 63.7 Å². The second-order valence-electron chi connectivity index (χ2n) is 8.56. The summed E-state index contributed by atoms with van der Waals surface area (Å²) in [6.07, 6.45) is 1.33. The zero-order valence-corrected chi connectivity index (χ0v) is 23.3. The zero-order chi connectivity index (χ0) is 27.2. The largest absolute Gasteiger partial charge is 0.486 e. The molecule has 1 aliphatic rings. The quantitative estimate of drug-likeness (QED) is 0.439. The molecule has 2 aromatic carbocycles. The van der Waals surface area contributed by atoms with Crippen molar-refractivity contribution in [3.05, 3.63) is 52.0 Å². The van der Waals surface area contributed by atoms with Crippen LogP contribution in [0.3, 0.4) is 0 Å². The van der Waals surface area contributed by atoms with Gasteiger partial charge in [0.2, 0.25) is 21.8 Å². The minimum Gasteiger partial charge on any atom is -0.486 e. The monoisotopic (exact) mass is 571 g/mol. The fraction of sp³-hybridized carbons (Fsp3) is 0.440. The number of nitrogens with one attached hydrogen (secondary N) is 1. The Morgan fingerprint density at radius 3 is 2.35 bits per heavy atom. The molecule has 0 radical (unpaired) electrons. The predicted octanol–water partition coefficient (Wildman–Crippen LogP) is 3.86. The van der Waals surface area contributed by atoms with Gasteiger partial charge in [-0.3, -0.25) is 13.9 Å². The van der Waals surface area contributed by atoms with E-state index in [1.165, 1.54) is 9.21 Å². The van der Waals surface area contributed by atoms with Crippen molar-refractivity contribution >= 4 is 50.7 Å². The van der Waals surface area contributed by atoms with Crippen LogP contribution in [0, 0.1) is 0 Å². The lowest BCUT2D eigenvalue weighted by molar-refractivity contribution is -0.140. The van der Waals surface area contributed by atoms with Gasteiger partial charge < -0.3 is 19.7 Å². The van der Waals surface area contributed by atoms with Crippen LogP contribution in [0.1, 0.15) is 32.3 Å². The standard InChI is InChI=1S/C25H31Cl2N3O6S/c1-4-28-25(32)17(2)29(16-19-20(26)7-5-8-21(19)27)24(31)9-6-12-30(37(3,33)34)18-10-11-22-23(15-18)36-14-13-35-22/h5,7-8,10-11,15,17H,4,6,9,12-14,16H2,1-3H3,(H,28,32)/t17-/m0/s1. The van der Waals surface area contributed by atoms with Gasteiger partial charge >= 0.3 is 0 Å². The molecule has 0 aromatic heterocycles. The normalized spacial score (nSPS) is 13.5. The number of benzene rings is 2. The molecular weight excluding hydrogens is 541 g/mol. The van der Waals surface area contributed by atoms with Crippen molar-refractivity contribution in [3.63, 3.8) is 0 Å². The van der Waals surface area contributed by atoms with Gasteiger partial charge in [-0.05, 0) is 44.5 Å². The number of fused-ring (bicyclic) bond motifs is 1. The first-order valence-electron chi connectivity index (χ1n) is 11.9. The Balaban J connectivity index is 1.76. The number of ether oxygens (including phenoxy) is 2. The Kier molecular flexibility index (Phi) is 9.92. The SMILES string of the molecule is CCNC(=O)[C@H](C)N(Cc1c(Cl)cccc1Cl)C(=O)CCCN(c1ccc2c(c1)OCCO2)S(C)(=O)=O. The topological polar surface area (TPSA) is 105 Å². The molecule has 0 fully saturated rings. The van der Waals surface area contributed by atoms with E-state index in [4.69, 9.17) is 32.7 Å². The van der Waals surface area contributed by atoms with Crippen molar-refractivity contribution in [3.8, 4) is 11.5 Å². The first-order chi connectivity index (χ1) is 17.5. The maximum atomic E-state index is 13.3. The van der Waals surface area contributed by atoms with Crippen molar-refractivity contribution in [2.45, 2.75) is 39.3 Å². The lowest BCUT2D eigenvalue weighted by Gasteiger charge is -2.30.